The lowest BCUT2D eigenvalue weighted by Gasteiger charge is -2.24. The summed E-state index contributed by atoms with van der Waals surface area (Å²) in [6, 6.07) is 64.5. The molecule has 0 aliphatic heterocycles. The Labute approximate surface area is 328 Å². The maximum atomic E-state index is 5.43. The normalized spacial score (nSPS) is 11.9. The summed E-state index contributed by atoms with van der Waals surface area (Å²) < 4.78 is 0. The van der Waals surface area contributed by atoms with Gasteiger partial charge in [-0.2, -0.15) is 0 Å². The Kier molecular flexibility index (Phi) is 12.4. The summed E-state index contributed by atoms with van der Waals surface area (Å²) in [6.45, 7) is 9.13. The Morgan fingerprint density at radius 3 is 1.25 bits per heavy atom. The monoisotopic (exact) mass is 752 g/mol. The highest BCUT2D eigenvalue weighted by atomic mass is 31.1. The molecule has 0 fully saturated rings. The van der Waals surface area contributed by atoms with E-state index in [2.05, 4.69) is 220 Å². The van der Waals surface area contributed by atoms with Crippen LogP contribution in [0, 0.1) is 27.7 Å². The molecular weight excluding hydrogens is 707 g/mol. The van der Waals surface area contributed by atoms with E-state index < -0.39 is 15.8 Å². The largest absolute Gasteiger partial charge is 0.339 e. The lowest BCUT2D eigenvalue weighted by Crippen LogP contribution is -2.24. The summed E-state index contributed by atoms with van der Waals surface area (Å²) in [4.78, 5) is 10.8. The molecule has 272 valence electrons. The van der Waals surface area contributed by atoms with Gasteiger partial charge >= 0.3 is 0 Å². The second-order valence-electron chi connectivity index (χ2n) is 13.5. The molecule has 0 unspecified atom stereocenters. The molecule has 0 bridgehead atoms. The number of anilines is 2. The molecular formula is C49H46N4P2. The predicted octanol–water partition coefficient (Wildman–Crippen LogP) is 11.3. The minimum absolute atomic E-state index is 0.538. The number of aliphatic imine (C=N–C) groups is 2. The van der Waals surface area contributed by atoms with Crippen molar-refractivity contribution < 1.29 is 0 Å². The number of hydrogen-bond acceptors (Lipinski definition) is 2. The summed E-state index contributed by atoms with van der Waals surface area (Å²) in [6.07, 6.45) is 0. The number of amidine groups is 2. The first kappa shape index (κ1) is 37.6. The molecule has 4 nitrogen and oxygen atoms in total. The van der Waals surface area contributed by atoms with Gasteiger partial charge < -0.3 is 10.6 Å². The van der Waals surface area contributed by atoms with Gasteiger partial charge in [-0.3, -0.25) is 4.99 Å². The summed E-state index contributed by atoms with van der Waals surface area (Å²) >= 11 is 0. The van der Waals surface area contributed by atoms with Crippen LogP contribution < -0.4 is 31.9 Å². The van der Waals surface area contributed by atoms with Crippen molar-refractivity contribution in [2.45, 2.75) is 34.2 Å². The van der Waals surface area contributed by atoms with Crippen molar-refractivity contribution >= 4 is 65.3 Å². The Morgan fingerprint density at radius 2 is 0.818 bits per heavy atom. The average molecular weight is 753 g/mol. The minimum Gasteiger partial charge on any atom is -0.339 e. The topological polar surface area (TPSA) is 48.8 Å². The van der Waals surface area contributed by atoms with E-state index in [1.807, 2.05) is 0 Å². The van der Waals surface area contributed by atoms with Crippen molar-refractivity contribution in [3.63, 3.8) is 0 Å². The summed E-state index contributed by atoms with van der Waals surface area (Å²) in [5.74, 6) is 0. The number of nitrogens with zero attached hydrogens (tertiary/aromatic N) is 2. The Bertz CT molecular complexity index is 2260. The van der Waals surface area contributed by atoms with Crippen LogP contribution in [-0.4, -0.2) is 11.2 Å². The van der Waals surface area contributed by atoms with Gasteiger partial charge in [0.15, 0.2) is 0 Å². The standard InChI is InChI=1S/C49H46N4P2/c1-36-19-17-20-37(2)46(36)52-48(54(42-23-9-5-10-24-42)43-25-11-6-12-26-43)50-35-40-31-33-41(34-32-40)51-49(53-47-38(3)21-18-22-39(47)4)55(44-27-13-7-14-28-44)45-29-15-8-16-30-45/h5-34H,35H2,1-4H3,(H,50,52)(H,51,53). The van der Waals surface area contributed by atoms with Crippen LogP contribution in [0.4, 0.5) is 17.1 Å². The second kappa shape index (κ2) is 18.1. The molecule has 0 aliphatic carbocycles. The van der Waals surface area contributed by atoms with Gasteiger partial charge in [-0.05, 0) is 88.9 Å². The van der Waals surface area contributed by atoms with Crippen LogP contribution in [0.5, 0.6) is 0 Å². The Hall–Kier alpha value is -5.66. The van der Waals surface area contributed by atoms with E-state index in [0.29, 0.717) is 6.54 Å². The van der Waals surface area contributed by atoms with Gasteiger partial charge in [0.25, 0.3) is 0 Å². The number of aryl methyl sites for hydroxylation is 4. The molecule has 0 atom stereocenters. The van der Waals surface area contributed by atoms with E-state index in [-0.39, 0.29) is 0 Å². The van der Waals surface area contributed by atoms with Crippen LogP contribution in [0.2, 0.25) is 0 Å². The van der Waals surface area contributed by atoms with Gasteiger partial charge in [0, 0.05) is 27.2 Å². The third-order valence-corrected chi connectivity index (χ3v) is 14.0. The lowest BCUT2D eigenvalue weighted by molar-refractivity contribution is 1.07. The van der Waals surface area contributed by atoms with Gasteiger partial charge in [-0.1, -0.05) is 170 Å². The van der Waals surface area contributed by atoms with Crippen molar-refractivity contribution in [3.05, 3.63) is 210 Å². The molecule has 0 aliphatic rings. The third kappa shape index (κ3) is 9.35. The van der Waals surface area contributed by atoms with E-state index >= 15 is 0 Å². The molecule has 55 heavy (non-hydrogen) atoms. The SMILES string of the molecule is Cc1cccc(C)c1N=C(Nc1ccc(CN=C(Nc2c(C)cccc2C)P(c2ccccc2)c2ccccc2)cc1)P(c1ccccc1)c1ccccc1. The third-order valence-electron chi connectivity index (χ3n) is 9.48. The van der Waals surface area contributed by atoms with E-state index in [0.717, 1.165) is 44.9 Å². The van der Waals surface area contributed by atoms with Gasteiger partial charge in [0.1, 0.15) is 11.2 Å². The number of rotatable bonds is 11. The van der Waals surface area contributed by atoms with E-state index in [1.165, 1.54) is 32.3 Å². The van der Waals surface area contributed by atoms with E-state index in [1.54, 1.807) is 0 Å². The fraction of sp³-hybridized carbons (Fsp3) is 0.102. The zero-order valence-corrected chi connectivity index (χ0v) is 33.6. The molecule has 7 rings (SSSR count). The highest BCUT2D eigenvalue weighted by Crippen LogP contribution is 2.40. The molecule has 0 amide bonds. The highest BCUT2D eigenvalue weighted by molar-refractivity contribution is 7.88. The molecule has 2 N–H and O–H groups in total. The Balaban J connectivity index is 1.25. The van der Waals surface area contributed by atoms with Crippen molar-refractivity contribution in [3.8, 4) is 0 Å². The van der Waals surface area contributed by atoms with Crippen LogP contribution in [-0.2, 0) is 6.54 Å². The van der Waals surface area contributed by atoms with Gasteiger partial charge in [-0.25, -0.2) is 4.99 Å². The summed E-state index contributed by atoms with van der Waals surface area (Å²) in [5.41, 5.74) is 10.9. The first-order chi connectivity index (χ1) is 26.9. The smallest absolute Gasteiger partial charge is 0.138 e. The number of hydrogen-bond donors (Lipinski definition) is 2. The average Bonchev–Trinajstić information content (AvgIpc) is 3.22. The molecule has 0 aromatic heterocycles. The van der Waals surface area contributed by atoms with Crippen molar-refractivity contribution in [1.29, 1.82) is 0 Å². The number of nitrogens with one attached hydrogen (secondary N) is 2. The molecule has 7 aromatic rings. The fourth-order valence-corrected chi connectivity index (χ4v) is 10.9. The Morgan fingerprint density at radius 1 is 0.418 bits per heavy atom. The first-order valence-corrected chi connectivity index (χ1v) is 21.3. The van der Waals surface area contributed by atoms with Crippen LogP contribution in [0.1, 0.15) is 27.8 Å². The van der Waals surface area contributed by atoms with Gasteiger partial charge in [-0.15, -0.1) is 0 Å². The predicted molar refractivity (Wildman–Crippen MR) is 242 cm³/mol. The molecule has 7 aromatic carbocycles. The highest BCUT2D eigenvalue weighted by Gasteiger charge is 2.23. The van der Waals surface area contributed by atoms with E-state index in [9.17, 15) is 0 Å². The molecule has 0 radical (unpaired) electrons. The number of para-hydroxylation sites is 2. The second-order valence-corrected chi connectivity index (χ2v) is 17.8. The van der Waals surface area contributed by atoms with Crippen LogP contribution in [0.25, 0.3) is 0 Å². The van der Waals surface area contributed by atoms with Crippen molar-refractivity contribution in [2.75, 3.05) is 10.6 Å². The van der Waals surface area contributed by atoms with Crippen molar-refractivity contribution in [1.82, 2.24) is 0 Å². The van der Waals surface area contributed by atoms with Gasteiger partial charge in [0.2, 0.25) is 0 Å². The summed E-state index contributed by atoms with van der Waals surface area (Å²) in [5, 5.41) is 12.6. The fourth-order valence-electron chi connectivity index (χ4n) is 6.60. The van der Waals surface area contributed by atoms with Crippen LogP contribution in [0.15, 0.2) is 192 Å². The molecule has 0 saturated heterocycles. The first-order valence-electron chi connectivity index (χ1n) is 18.6. The zero-order valence-electron chi connectivity index (χ0n) is 31.8. The molecule has 6 heteroatoms. The van der Waals surface area contributed by atoms with Crippen molar-refractivity contribution in [2.24, 2.45) is 9.98 Å². The van der Waals surface area contributed by atoms with Crippen LogP contribution >= 0.6 is 15.8 Å². The molecule has 0 spiro atoms. The van der Waals surface area contributed by atoms with Crippen LogP contribution in [0.3, 0.4) is 0 Å². The van der Waals surface area contributed by atoms with E-state index in [4.69, 9.17) is 9.98 Å². The summed E-state index contributed by atoms with van der Waals surface area (Å²) in [7, 11) is -1.93. The molecule has 0 heterocycles. The maximum absolute atomic E-state index is 5.43. The quantitative estimate of drug-likeness (QED) is 0.0785. The van der Waals surface area contributed by atoms with Gasteiger partial charge in [0.05, 0.1) is 12.2 Å². The minimum atomic E-state index is -0.980. The number of benzene rings is 7. The maximum Gasteiger partial charge on any atom is 0.138 e. The zero-order chi connectivity index (χ0) is 38.0. The lowest BCUT2D eigenvalue weighted by atomic mass is 10.1. The molecule has 0 saturated carbocycles.